The Balaban J connectivity index is 2.78. The van der Waals surface area contributed by atoms with Gasteiger partial charge in [0.25, 0.3) is 5.69 Å². The van der Waals surface area contributed by atoms with Gasteiger partial charge in [-0.3, -0.25) is 10.1 Å². The third-order valence-electron chi connectivity index (χ3n) is 3.84. The number of carbonyl (C=O) groups is 1. The van der Waals surface area contributed by atoms with Crippen LogP contribution >= 0.6 is 0 Å². The van der Waals surface area contributed by atoms with Crippen molar-refractivity contribution >= 4 is 11.7 Å². The van der Waals surface area contributed by atoms with Gasteiger partial charge in [-0.15, -0.1) is 13.2 Å². The van der Waals surface area contributed by atoms with Crippen LogP contribution in [0.4, 0.5) is 18.9 Å². The molecule has 0 amide bonds. The number of alkyl halides is 3. The molecule has 0 fully saturated rings. The van der Waals surface area contributed by atoms with Crippen molar-refractivity contribution in [1.82, 2.24) is 0 Å². The van der Waals surface area contributed by atoms with Gasteiger partial charge in [0.15, 0.2) is 0 Å². The van der Waals surface area contributed by atoms with Gasteiger partial charge in [0.05, 0.1) is 23.0 Å². The summed E-state index contributed by atoms with van der Waals surface area (Å²) >= 11 is 0. The average Bonchev–Trinajstić information content (AvgIpc) is 2.59. The van der Waals surface area contributed by atoms with Crippen molar-refractivity contribution < 1.29 is 37.1 Å². The Labute approximate surface area is 161 Å². The summed E-state index contributed by atoms with van der Waals surface area (Å²) < 4.78 is 51.7. The van der Waals surface area contributed by atoms with Crippen molar-refractivity contribution in [2.24, 2.45) is 5.73 Å². The maximum atomic E-state index is 12.6. The summed E-state index contributed by atoms with van der Waals surface area (Å²) in [4.78, 5) is 23.0. The third kappa shape index (κ3) is 4.57. The summed E-state index contributed by atoms with van der Waals surface area (Å²) in [6.07, 6.45) is -5.06. The first-order valence-electron chi connectivity index (χ1n) is 7.99. The molecule has 0 saturated heterocycles. The zero-order chi connectivity index (χ0) is 21.9. The minimum Gasteiger partial charge on any atom is -0.463 e. The molecule has 1 heterocycles. The van der Waals surface area contributed by atoms with E-state index in [1.807, 2.05) is 0 Å². The molecule has 12 heteroatoms. The highest BCUT2D eigenvalue weighted by molar-refractivity contribution is 5.93. The molecule has 0 radical (unpaired) electrons. The van der Waals surface area contributed by atoms with Crippen molar-refractivity contribution in [1.29, 1.82) is 5.26 Å². The van der Waals surface area contributed by atoms with E-state index in [4.69, 9.17) is 15.2 Å². The number of nitriles is 1. The lowest BCUT2D eigenvalue weighted by Crippen LogP contribution is -2.26. The van der Waals surface area contributed by atoms with Crippen LogP contribution in [0.3, 0.4) is 0 Å². The van der Waals surface area contributed by atoms with Crippen molar-refractivity contribution in [3.63, 3.8) is 0 Å². The Morgan fingerprint density at radius 2 is 2.10 bits per heavy atom. The van der Waals surface area contributed by atoms with E-state index in [2.05, 4.69) is 4.74 Å². The lowest BCUT2D eigenvalue weighted by atomic mass is 9.82. The second kappa shape index (κ2) is 8.09. The Kier molecular flexibility index (Phi) is 6.01. The lowest BCUT2D eigenvalue weighted by Gasteiger charge is -2.26. The van der Waals surface area contributed by atoms with E-state index in [9.17, 15) is 33.3 Å². The molecule has 0 spiro atoms. The standard InChI is InChI=1S/C17H14F3N3O6/c1-3-27-16(24)13-8(2)28-15(22)11(7-21)14(13)10-6-9(29-17(18,19)20)4-5-12(10)23(25)26/h4-6,14H,3,22H2,1-2H3. The minimum atomic E-state index is -5.06. The first-order chi connectivity index (χ1) is 13.5. The molecule has 1 aromatic carbocycles. The first kappa shape index (κ1) is 21.5. The number of hydrogen-bond donors (Lipinski definition) is 1. The Hall–Kier alpha value is -3.75. The largest absolute Gasteiger partial charge is 0.573 e. The monoisotopic (exact) mass is 413 g/mol. The number of nitrogens with two attached hydrogens (primary N) is 1. The Morgan fingerprint density at radius 1 is 1.45 bits per heavy atom. The van der Waals surface area contributed by atoms with E-state index in [1.54, 1.807) is 6.07 Å². The quantitative estimate of drug-likeness (QED) is 0.441. The van der Waals surface area contributed by atoms with Gasteiger partial charge in [0, 0.05) is 11.6 Å². The molecule has 2 rings (SSSR count). The number of rotatable bonds is 5. The molecule has 0 aromatic heterocycles. The molecular weight excluding hydrogens is 399 g/mol. The number of carbonyl (C=O) groups excluding carboxylic acids is 1. The number of esters is 1. The number of nitrogens with zero attached hydrogens (tertiary/aromatic N) is 2. The Bertz CT molecular complexity index is 962. The molecule has 1 atom stereocenters. The second-order valence-corrected chi connectivity index (χ2v) is 5.64. The van der Waals surface area contributed by atoms with E-state index in [-0.39, 0.29) is 17.9 Å². The molecule has 1 aliphatic rings. The van der Waals surface area contributed by atoms with Gasteiger partial charge in [-0.05, 0) is 26.0 Å². The van der Waals surface area contributed by atoms with Gasteiger partial charge in [-0.25, -0.2) is 4.79 Å². The fourth-order valence-electron chi connectivity index (χ4n) is 2.79. The van der Waals surface area contributed by atoms with Gasteiger partial charge < -0.3 is 19.9 Å². The van der Waals surface area contributed by atoms with Crippen LogP contribution in [0, 0.1) is 21.4 Å². The fourth-order valence-corrected chi connectivity index (χ4v) is 2.79. The van der Waals surface area contributed by atoms with Crippen LogP contribution in [0.15, 0.2) is 41.0 Å². The topological polar surface area (TPSA) is 138 Å². The molecule has 0 saturated carbocycles. The number of benzene rings is 1. The smallest absolute Gasteiger partial charge is 0.463 e. The molecule has 29 heavy (non-hydrogen) atoms. The molecule has 1 aromatic rings. The highest BCUT2D eigenvalue weighted by Crippen LogP contribution is 2.44. The highest BCUT2D eigenvalue weighted by Gasteiger charge is 2.40. The van der Waals surface area contributed by atoms with E-state index in [0.29, 0.717) is 0 Å². The van der Waals surface area contributed by atoms with Crippen LogP contribution in [0.2, 0.25) is 0 Å². The van der Waals surface area contributed by atoms with Crippen LogP contribution in [0.5, 0.6) is 5.75 Å². The molecule has 1 unspecified atom stereocenters. The predicted octanol–water partition coefficient (Wildman–Crippen LogP) is 3.14. The molecule has 0 bridgehead atoms. The lowest BCUT2D eigenvalue weighted by molar-refractivity contribution is -0.385. The maximum Gasteiger partial charge on any atom is 0.573 e. The summed E-state index contributed by atoms with van der Waals surface area (Å²) in [6, 6.07) is 3.92. The first-order valence-corrected chi connectivity index (χ1v) is 7.99. The van der Waals surface area contributed by atoms with Crippen molar-refractivity contribution in [3.05, 3.63) is 56.7 Å². The van der Waals surface area contributed by atoms with Crippen LogP contribution in [0.25, 0.3) is 0 Å². The van der Waals surface area contributed by atoms with Crippen LogP contribution in [-0.4, -0.2) is 23.9 Å². The molecular formula is C17H14F3N3O6. The third-order valence-corrected chi connectivity index (χ3v) is 3.84. The number of nitro groups is 1. The van der Waals surface area contributed by atoms with Crippen LogP contribution in [-0.2, 0) is 14.3 Å². The normalized spacial score (nSPS) is 16.8. The van der Waals surface area contributed by atoms with E-state index in [1.165, 1.54) is 13.8 Å². The summed E-state index contributed by atoms with van der Waals surface area (Å²) in [5, 5.41) is 20.9. The number of ether oxygens (including phenoxy) is 3. The fraction of sp³-hybridized carbons (Fsp3) is 0.294. The second-order valence-electron chi connectivity index (χ2n) is 5.64. The van der Waals surface area contributed by atoms with Gasteiger partial charge in [0.2, 0.25) is 5.88 Å². The van der Waals surface area contributed by atoms with Crippen LogP contribution in [0.1, 0.15) is 25.3 Å². The summed E-state index contributed by atoms with van der Waals surface area (Å²) in [5.41, 5.74) is 3.91. The van der Waals surface area contributed by atoms with Gasteiger partial charge in [-0.2, -0.15) is 5.26 Å². The highest BCUT2D eigenvalue weighted by atomic mass is 19.4. The predicted molar refractivity (Wildman–Crippen MR) is 89.8 cm³/mol. The number of halogens is 3. The number of allylic oxidation sites excluding steroid dienone is 2. The molecule has 154 valence electrons. The molecule has 1 aliphatic heterocycles. The van der Waals surface area contributed by atoms with Crippen molar-refractivity contribution in [2.45, 2.75) is 26.1 Å². The molecule has 0 aliphatic carbocycles. The van der Waals surface area contributed by atoms with Crippen LogP contribution < -0.4 is 10.5 Å². The summed E-state index contributed by atoms with van der Waals surface area (Å²) in [5.74, 6) is -3.79. The SMILES string of the molecule is CCOC(=O)C1=C(C)OC(N)=C(C#N)C1c1cc(OC(F)(F)F)ccc1[N+](=O)[O-]. The minimum absolute atomic E-state index is 0.0667. The maximum absolute atomic E-state index is 12.6. The summed E-state index contributed by atoms with van der Waals surface area (Å²) in [7, 11) is 0. The van der Waals surface area contributed by atoms with E-state index in [0.717, 1.165) is 18.2 Å². The van der Waals surface area contributed by atoms with E-state index < -0.39 is 51.6 Å². The van der Waals surface area contributed by atoms with Gasteiger partial charge in [0.1, 0.15) is 23.2 Å². The molecule has 2 N–H and O–H groups in total. The zero-order valence-corrected chi connectivity index (χ0v) is 15.1. The van der Waals surface area contributed by atoms with Crippen molar-refractivity contribution in [3.8, 4) is 11.8 Å². The zero-order valence-electron chi connectivity index (χ0n) is 15.1. The number of nitro benzene ring substituents is 1. The van der Waals surface area contributed by atoms with E-state index >= 15 is 0 Å². The van der Waals surface area contributed by atoms with Gasteiger partial charge >= 0.3 is 12.3 Å². The number of hydrogen-bond acceptors (Lipinski definition) is 8. The van der Waals surface area contributed by atoms with Crippen molar-refractivity contribution in [2.75, 3.05) is 6.61 Å². The average molecular weight is 413 g/mol. The Morgan fingerprint density at radius 3 is 2.62 bits per heavy atom. The summed E-state index contributed by atoms with van der Waals surface area (Å²) in [6.45, 7) is 2.74. The van der Waals surface area contributed by atoms with Gasteiger partial charge in [-0.1, -0.05) is 0 Å². The molecule has 9 nitrogen and oxygen atoms in total.